The maximum Gasteiger partial charge on any atom is 0.307 e. The Bertz CT molecular complexity index is 521. The van der Waals surface area contributed by atoms with Crippen LogP contribution in [0.25, 0.3) is 0 Å². The van der Waals surface area contributed by atoms with Gasteiger partial charge in [0.1, 0.15) is 0 Å². The average molecular weight is 330 g/mol. The van der Waals surface area contributed by atoms with Crippen molar-refractivity contribution in [3.05, 3.63) is 0 Å². The first-order valence-corrected chi connectivity index (χ1v) is 9.54. The van der Waals surface area contributed by atoms with Crippen molar-refractivity contribution in [2.45, 2.75) is 20.3 Å². The van der Waals surface area contributed by atoms with Gasteiger partial charge in [-0.25, -0.2) is 16.8 Å². The van der Waals surface area contributed by atoms with E-state index in [4.69, 9.17) is 10.2 Å². The molecule has 0 amide bonds. The molecule has 2 atom stereocenters. The monoisotopic (exact) mass is 330 g/mol. The van der Waals surface area contributed by atoms with E-state index in [-0.39, 0.29) is 49.4 Å². The number of sulfone groups is 2. The molecule has 2 fully saturated rings. The molecule has 7 nitrogen and oxygen atoms in total. The molecule has 2 rings (SSSR count). The lowest BCUT2D eigenvalue weighted by Crippen LogP contribution is -2.14. The Morgan fingerprint density at radius 3 is 1.70 bits per heavy atom. The number of aliphatic hydroxyl groups excluding tert-OH is 1. The van der Waals surface area contributed by atoms with Gasteiger partial charge in [0, 0.05) is 6.61 Å². The van der Waals surface area contributed by atoms with Crippen LogP contribution in [-0.2, 0) is 24.5 Å². The normalized spacial score (nSPS) is 29.9. The van der Waals surface area contributed by atoms with Gasteiger partial charge < -0.3 is 10.2 Å². The van der Waals surface area contributed by atoms with Crippen molar-refractivity contribution >= 4 is 25.6 Å². The molecule has 9 heteroatoms. The largest absolute Gasteiger partial charge is 0.481 e. The lowest BCUT2D eigenvalue weighted by atomic mass is 10.1. The minimum atomic E-state index is -3.02. The first-order chi connectivity index (χ1) is 8.65. The van der Waals surface area contributed by atoms with E-state index in [0.717, 1.165) is 0 Å². The molecule has 2 saturated heterocycles. The van der Waals surface area contributed by atoms with Crippen LogP contribution < -0.4 is 0 Å². The van der Waals surface area contributed by atoms with Crippen LogP contribution in [-0.4, -0.2) is 62.6 Å². The summed E-state index contributed by atoms with van der Waals surface area (Å²) in [6, 6.07) is 0. The highest BCUT2D eigenvalue weighted by Crippen LogP contribution is 2.18. The molecule has 0 aliphatic carbocycles. The summed E-state index contributed by atoms with van der Waals surface area (Å²) in [6.45, 7) is 0.0131. The topological polar surface area (TPSA) is 126 Å². The number of aliphatic hydroxyl groups is 1. The highest BCUT2D eigenvalue weighted by atomic mass is 32.2. The maximum atomic E-state index is 10.7. The fraction of sp³-hybridized carbons (Fsp3) is 0.909. The predicted molar refractivity (Wildman–Crippen MR) is 75.0 cm³/mol. The third-order valence-electron chi connectivity index (χ3n) is 3.17. The van der Waals surface area contributed by atoms with Gasteiger partial charge in [0.15, 0.2) is 19.7 Å². The second-order valence-corrected chi connectivity index (χ2v) is 9.35. The summed E-state index contributed by atoms with van der Waals surface area (Å²) in [6.07, 6.45) is 0.913. The van der Waals surface area contributed by atoms with Crippen molar-refractivity contribution in [1.29, 1.82) is 0 Å². The first kappa shape index (κ1) is 19.3. The molecule has 0 saturated carbocycles. The third kappa shape index (κ3) is 6.19. The minimum absolute atomic E-state index is 0. The van der Waals surface area contributed by atoms with Crippen LogP contribution in [0.4, 0.5) is 0 Å². The Kier molecular flexibility index (Phi) is 7.12. The highest BCUT2D eigenvalue weighted by Gasteiger charge is 2.32. The average Bonchev–Trinajstić information content (AvgIpc) is 2.82. The number of carboxylic acids is 1. The van der Waals surface area contributed by atoms with E-state index in [1.54, 1.807) is 0 Å². The smallest absolute Gasteiger partial charge is 0.307 e. The van der Waals surface area contributed by atoms with E-state index in [1.807, 2.05) is 0 Å². The Morgan fingerprint density at radius 2 is 1.50 bits per heavy atom. The van der Waals surface area contributed by atoms with Crippen LogP contribution in [0.1, 0.15) is 20.3 Å². The molecule has 0 aromatic heterocycles. The van der Waals surface area contributed by atoms with Crippen molar-refractivity contribution in [3.8, 4) is 0 Å². The minimum Gasteiger partial charge on any atom is -0.481 e. The number of hydrogen-bond acceptors (Lipinski definition) is 6. The van der Waals surface area contributed by atoms with Gasteiger partial charge in [-0.05, 0) is 18.8 Å². The van der Waals surface area contributed by atoms with Gasteiger partial charge in [-0.2, -0.15) is 0 Å². The van der Waals surface area contributed by atoms with E-state index in [2.05, 4.69) is 0 Å². The van der Waals surface area contributed by atoms with E-state index >= 15 is 0 Å². The second kappa shape index (κ2) is 7.37. The molecule has 2 heterocycles. The quantitative estimate of drug-likeness (QED) is 0.702. The van der Waals surface area contributed by atoms with Crippen LogP contribution in [0.15, 0.2) is 0 Å². The highest BCUT2D eigenvalue weighted by molar-refractivity contribution is 7.91. The Morgan fingerprint density at radius 1 is 1.00 bits per heavy atom. The molecule has 120 valence electrons. The third-order valence-corrected chi connectivity index (χ3v) is 6.77. The Labute approximate surface area is 119 Å². The van der Waals surface area contributed by atoms with E-state index in [1.165, 1.54) is 0 Å². The van der Waals surface area contributed by atoms with Crippen LogP contribution in [0.5, 0.6) is 0 Å². The van der Waals surface area contributed by atoms with Gasteiger partial charge in [0.05, 0.1) is 28.9 Å². The molecule has 0 bridgehead atoms. The summed E-state index contributed by atoms with van der Waals surface area (Å²) in [7, 11) is -5.79. The predicted octanol–water partition coefficient (Wildman–Crippen LogP) is -0.445. The number of carbonyl (C=O) groups is 1. The molecule has 0 aromatic carbocycles. The molecule has 2 N–H and O–H groups in total. The van der Waals surface area contributed by atoms with Crippen LogP contribution in [0, 0.1) is 11.8 Å². The zero-order valence-electron chi connectivity index (χ0n) is 10.4. The summed E-state index contributed by atoms with van der Waals surface area (Å²) in [5, 5.41) is 16.9. The van der Waals surface area contributed by atoms with Crippen LogP contribution in [0.2, 0.25) is 0 Å². The van der Waals surface area contributed by atoms with Gasteiger partial charge in [-0.3, -0.25) is 4.79 Å². The lowest BCUT2D eigenvalue weighted by molar-refractivity contribution is -0.140. The summed E-state index contributed by atoms with van der Waals surface area (Å²) in [4.78, 5) is 10.2. The molecular weight excluding hydrogens is 308 g/mol. The Balaban J connectivity index is 0.000000345. The van der Waals surface area contributed by atoms with Gasteiger partial charge in [-0.15, -0.1) is 0 Å². The Hall–Kier alpha value is -0.670. The number of hydrogen-bond donors (Lipinski definition) is 2. The molecule has 20 heavy (non-hydrogen) atoms. The fourth-order valence-electron chi connectivity index (χ4n) is 2.01. The summed E-state index contributed by atoms with van der Waals surface area (Å²) in [5.41, 5.74) is 0. The molecule has 2 aliphatic rings. The summed E-state index contributed by atoms with van der Waals surface area (Å²) >= 11 is 0. The van der Waals surface area contributed by atoms with Crippen molar-refractivity contribution in [1.82, 2.24) is 0 Å². The lowest BCUT2D eigenvalue weighted by Gasteiger charge is -1.97. The molecular formula is C11H22O7S2. The van der Waals surface area contributed by atoms with Crippen LogP contribution >= 0.6 is 0 Å². The van der Waals surface area contributed by atoms with Crippen LogP contribution in [0.3, 0.4) is 0 Å². The van der Waals surface area contributed by atoms with Crippen molar-refractivity contribution < 1.29 is 31.8 Å². The molecule has 0 aromatic rings. The zero-order valence-corrected chi connectivity index (χ0v) is 12.0. The van der Waals surface area contributed by atoms with Gasteiger partial charge in [0.25, 0.3) is 0 Å². The fourth-order valence-corrected chi connectivity index (χ4v) is 5.59. The second-order valence-electron chi connectivity index (χ2n) is 4.89. The molecule has 0 spiro atoms. The van der Waals surface area contributed by atoms with Gasteiger partial charge in [0.2, 0.25) is 0 Å². The van der Waals surface area contributed by atoms with Gasteiger partial charge >= 0.3 is 5.97 Å². The molecule has 2 unspecified atom stereocenters. The summed E-state index contributed by atoms with van der Waals surface area (Å²) in [5.74, 6) is -1.35. The number of carboxylic acid groups (broad SMARTS) is 1. The van der Waals surface area contributed by atoms with Crippen molar-refractivity contribution in [2.75, 3.05) is 29.6 Å². The number of rotatable bonds is 2. The molecule has 2 aliphatic heterocycles. The van der Waals surface area contributed by atoms with E-state index < -0.39 is 31.6 Å². The zero-order chi connectivity index (χ0) is 14.7. The molecule has 0 radical (unpaired) electrons. The summed E-state index contributed by atoms with van der Waals surface area (Å²) < 4.78 is 42.7. The van der Waals surface area contributed by atoms with E-state index in [9.17, 15) is 21.6 Å². The number of aliphatic carboxylic acids is 1. The van der Waals surface area contributed by atoms with E-state index in [0.29, 0.717) is 6.42 Å². The standard InChI is InChI=1S/C5H8O4S.C5H10O3S.CH4/c6-5(7)4-1-2-10(8,9)3-4;6-3-5-1-2-9(7,8)4-5;/h4H,1-3H2,(H,6,7);5-6H,1-4H2;1H4. The SMILES string of the molecule is C.O=C(O)C1CCS(=O)(=O)C1.O=S1(=O)CCC(CO)C1. The first-order valence-electron chi connectivity index (χ1n) is 5.90. The maximum absolute atomic E-state index is 10.7. The van der Waals surface area contributed by atoms with Gasteiger partial charge in [-0.1, -0.05) is 7.43 Å². The van der Waals surface area contributed by atoms with Crippen molar-refractivity contribution in [3.63, 3.8) is 0 Å². The van der Waals surface area contributed by atoms with Crippen molar-refractivity contribution in [2.24, 2.45) is 11.8 Å².